The van der Waals surface area contributed by atoms with Gasteiger partial charge < -0.3 is 10.0 Å². The number of carboxylic acids is 1. The fourth-order valence-corrected chi connectivity index (χ4v) is 2.07. The molecule has 4 nitrogen and oxygen atoms in total. The highest BCUT2D eigenvalue weighted by atomic mass is 16.4. The number of aromatic nitrogens is 1. The van der Waals surface area contributed by atoms with E-state index < -0.39 is 5.97 Å². The maximum Gasteiger partial charge on any atom is 0.354 e. The summed E-state index contributed by atoms with van der Waals surface area (Å²) in [6.45, 7) is 6.41. The predicted octanol–water partition coefficient (Wildman–Crippen LogP) is 2.02. The van der Waals surface area contributed by atoms with E-state index in [0.717, 1.165) is 25.2 Å². The second-order valence-electron chi connectivity index (χ2n) is 5.04. The summed E-state index contributed by atoms with van der Waals surface area (Å²) < 4.78 is 0. The first-order valence-electron chi connectivity index (χ1n) is 5.42. The second-order valence-corrected chi connectivity index (χ2v) is 5.04. The average molecular weight is 220 g/mol. The molecule has 16 heavy (non-hydrogen) atoms. The van der Waals surface area contributed by atoms with Crippen LogP contribution in [0.2, 0.25) is 0 Å². The van der Waals surface area contributed by atoms with Gasteiger partial charge in [0.1, 0.15) is 5.69 Å². The standard InChI is InChI=1S/C12H16N2O2/c1-12(2)4-6-14(8-12)9-3-5-13-10(7-9)11(15)16/h3,5,7H,4,6,8H2,1-2H3,(H,15,16). The first-order valence-corrected chi connectivity index (χ1v) is 5.42. The van der Waals surface area contributed by atoms with Crippen LogP contribution >= 0.6 is 0 Å². The number of aromatic carboxylic acids is 1. The van der Waals surface area contributed by atoms with Crippen molar-refractivity contribution >= 4 is 11.7 Å². The van der Waals surface area contributed by atoms with Gasteiger partial charge in [-0.1, -0.05) is 13.8 Å². The first-order chi connectivity index (χ1) is 7.48. The zero-order valence-electron chi connectivity index (χ0n) is 9.60. The van der Waals surface area contributed by atoms with Crippen LogP contribution in [-0.2, 0) is 0 Å². The molecule has 1 aliphatic heterocycles. The van der Waals surface area contributed by atoms with Gasteiger partial charge >= 0.3 is 5.97 Å². The molecular formula is C12H16N2O2. The highest BCUT2D eigenvalue weighted by Gasteiger charge is 2.29. The molecule has 0 aliphatic carbocycles. The molecule has 2 rings (SSSR count). The fourth-order valence-electron chi connectivity index (χ4n) is 2.07. The van der Waals surface area contributed by atoms with E-state index in [0.29, 0.717) is 5.41 Å². The molecule has 1 saturated heterocycles. The number of pyridine rings is 1. The molecule has 0 radical (unpaired) electrons. The van der Waals surface area contributed by atoms with Gasteiger partial charge in [-0.15, -0.1) is 0 Å². The zero-order valence-corrected chi connectivity index (χ0v) is 9.60. The SMILES string of the molecule is CC1(C)CCN(c2ccnc(C(=O)O)c2)C1. The van der Waals surface area contributed by atoms with Crippen molar-refractivity contribution in [2.24, 2.45) is 5.41 Å². The van der Waals surface area contributed by atoms with Crippen LogP contribution in [0, 0.1) is 5.41 Å². The van der Waals surface area contributed by atoms with Crippen molar-refractivity contribution in [3.63, 3.8) is 0 Å². The third kappa shape index (κ3) is 2.15. The Morgan fingerprint density at radius 3 is 2.88 bits per heavy atom. The molecule has 1 aromatic rings. The third-order valence-electron chi connectivity index (χ3n) is 3.01. The molecule has 0 spiro atoms. The first kappa shape index (κ1) is 10.9. The molecule has 1 fully saturated rings. The monoisotopic (exact) mass is 220 g/mol. The molecule has 86 valence electrons. The molecule has 1 aromatic heterocycles. The summed E-state index contributed by atoms with van der Waals surface area (Å²) in [4.78, 5) is 16.9. The van der Waals surface area contributed by atoms with Gasteiger partial charge in [0.2, 0.25) is 0 Å². The van der Waals surface area contributed by atoms with E-state index in [1.807, 2.05) is 6.07 Å². The van der Waals surface area contributed by atoms with Crippen LogP contribution in [0.4, 0.5) is 5.69 Å². The van der Waals surface area contributed by atoms with Crippen LogP contribution in [0.1, 0.15) is 30.8 Å². The Hall–Kier alpha value is -1.58. The molecule has 4 heteroatoms. The zero-order chi connectivity index (χ0) is 11.8. The molecule has 0 unspecified atom stereocenters. The summed E-state index contributed by atoms with van der Waals surface area (Å²) in [5.74, 6) is -0.972. The van der Waals surface area contributed by atoms with Crippen LogP contribution in [0.3, 0.4) is 0 Å². The van der Waals surface area contributed by atoms with Crippen molar-refractivity contribution in [3.8, 4) is 0 Å². The van der Waals surface area contributed by atoms with Crippen molar-refractivity contribution in [2.75, 3.05) is 18.0 Å². The number of carbonyl (C=O) groups is 1. The van der Waals surface area contributed by atoms with Gasteiger partial charge in [0, 0.05) is 25.0 Å². The molecule has 1 N–H and O–H groups in total. The minimum absolute atomic E-state index is 0.113. The van der Waals surface area contributed by atoms with Gasteiger partial charge in [-0.05, 0) is 24.0 Å². The maximum absolute atomic E-state index is 10.8. The molecule has 0 amide bonds. The molecule has 1 aliphatic rings. The Labute approximate surface area is 94.9 Å². The summed E-state index contributed by atoms with van der Waals surface area (Å²) in [5.41, 5.74) is 1.38. The predicted molar refractivity (Wildman–Crippen MR) is 61.8 cm³/mol. The van der Waals surface area contributed by atoms with Gasteiger partial charge in [-0.3, -0.25) is 0 Å². The van der Waals surface area contributed by atoms with Crippen LogP contribution in [0.5, 0.6) is 0 Å². The van der Waals surface area contributed by atoms with Crippen LogP contribution in [0.25, 0.3) is 0 Å². The van der Waals surface area contributed by atoms with Crippen molar-refractivity contribution in [1.29, 1.82) is 0 Å². The Morgan fingerprint density at radius 2 is 2.31 bits per heavy atom. The average Bonchev–Trinajstić information content (AvgIpc) is 2.59. The van der Waals surface area contributed by atoms with Gasteiger partial charge in [0.25, 0.3) is 0 Å². The normalized spacial score (nSPS) is 18.8. The summed E-state index contributed by atoms with van der Waals surface area (Å²) in [5, 5.41) is 8.87. The van der Waals surface area contributed by atoms with E-state index in [2.05, 4.69) is 23.7 Å². The highest BCUT2D eigenvalue weighted by molar-refractivity contribution is 5.86. The van der Waals surface area contributed by atoms with Gasteiger partial charge in [-0.2, -0.15) is 0 Å². The lowest BCUT2D eigenvalue weighted by molar-refractivity contribution is 0.0690. The molecule has 0 bridgehead atoms. The Morgan fingerprint density at radius 1 is 1.56 bits per heavy atom. The number of hydrogen-bond acceptors (Lipinski definition) is 3. The van der Waals surface area contributed by atoms with E-state index in [1.54, 1.807) is 12.3 Å². The number of nitrogens with zero attached hydrogens (tertiary/aromatic N) is 2. The summed E-state index contributed by atoms with van der Waals surface area (Å²) in [7, 11) is 0. The van der Waals surface area contributed by atoms with Crippen molar-refractivity contribution in [3.05, 3.63) is 24.0 Å². The van der Waals surface area contributed by atoms with Gasteiger partial charge in [0.15, 0.2) is 0 Å². The summed E-state index contributed by atoms with van der Waals surface area (Å²) in [6.07, 6.45) is 2.70. The van der Waals surface area contributed by atoms with Crippen LogP contribution in [0.15, 0.2) is 18.3 Å². The molecule has 0 aromatic carbocycles. The highest BCUT2D eigenvalue weighted by Crippen LogP contribution is 2.32. The lowest BCUT2D eigenvalue weighted by atomic mass is 9.93. The molecule has 2 heterocycles. The topological polar surface area (TPSA) is 53.4 Å². The van der Waals surface area contributed by atoms with E-state index in [-0.39, 0.29) is 5.69 Å². The van der Waals surface area contributed by atoms with Crippen molar-refractivity contribution in [2.45, 2.75) is 20.3 Å². The number of hydrogen-bond donors (Lipinski definition) is 1. The van der Waals surface area contributed by atoms with Gasteiger partial charge in [0.05, 0.1) is 0 Å². The quantitative estimate of drug-likeness (QED) is 0.828. The number of anilines is 1. The van der Waals surface area contributed by atoms with E-state index in [9.17, 15) is 4.79 Å². The van der Waals surface area contributed by atoms with E-state index >= 15 is 0 Å². The Balaban J connectivity index is 2.22. The lowest BCUT2D eigenvalue weighted by Crippen LogP contribution is -2.23. The summed E-state index contributed by atoms with van der Waals surface area (Å²) >= 11 is 0. The van der Waals surface area contributed by atoms with E-state index in [1.165, 1.54) is 0 Å². The third-order valence-corrected chi connectivity index (χ3v) is 3.01. The second kappa shape index (κ2) is 3.77. The van der Waals surface area contributed by atoms with E-state index in [4.69, 9.17) is 5.11 Å². The molecular weight excluding hydrogens is 204 g/mol. The van der Waals surface area contributed by atoms with Crippen molar-refractivity contribution < 1.29 is 9.90 Å². The molecule has 0 atom stereocenters. The minimum atomic E-state index is -0.972. The molecule has 0 saturated carbocycles. The van der Waals surface area contributed by atoms with Crippen LogP contribution < -0.4 is 4.90 Å². The summed E-state index contributed by atoms with van der Waals surface area (Å²) in [6, 6.07) is 3.51. The minimum Gasteiger partial charge on any atom is -0.477 e. The fraction of sp³-hybridized carbons (Fsp3) is 0.500. The smallest absolute Gasteiger partial charge is 0.354 e. The lowest BCUT2D eigenvalue weighted by Gasteiger charge is -2.21. The Bertz CT molecular complexity index is 415. The van der Waals surface area contributed by atoms with Gasteiger partial charge in [-0.25, -0.2) is 9.78 Å². The largest absolute Gasteiger partial charge is 0.477 e. The van der Waals surface area contributed by atoms with Crippen molar-refractivity contribution in [1.82, 2.24) is 4.98 Å². The Kier molecular flexibility index (Phi) is 2.58. The maximum atomic E-state index is 10.8. The van der Waals surface area contributed by atoms with Crippen LogP contribution in [-0.4, -0.2) is 29.1 Å². The number of rotatable bonds is 2. The number of carboxylic acid groups (broad SMARTS) is 1.